The molecule has 0 aliphatic carbocycles. The number of thiazole rings is 1. The molecular formula is C28H29ClFN3O2S. The van der Waals surface area contributed by atoms with Crippen molar-refractivity contribution in [3.63, 3.8) is 0 Å². The second-order valence-corrected chi connectivity index (χ2v) is 9.74. The summed E-state index contributed by atoms with van der Waals surface area (Å²) in [7, 11) is 0. The number of hydrogen-bond acceptors (Lipinski definition) is 5. The summed E-state index contributed by atoms with van der Waals surface area (Å²) in [5, 5.41) is 0.603. The summed E-state index contributed by atoms with van der Waals surface area (Å²) in [6, 6.07) is 22.6. The zero-order valence-electron chi connectivity index (χ0n) is 19.9. The summed E-state index contributed by atoms with van der Waals surface area (Å²) in [5.41, 5.74) is 3.72. The predicted octanol–water partition coefficient (Wildman–Crippen LogP) is 5.82. The van der Waals surface area contributed by atoms with Crippen LogP contribution in [0.2, 0.25) is 0 Å². The fraction of sp³-hybridized carbons (Fsp3) is 0.286. The van der Waals surface area contributed by atoms with E-state index in [9.17, 15) is 9.18 Å². The molecule has 0 atom stereocenters. The third-order valence-corrected chi connectivity index (χ3v) is 7.27. The number of amides is 1. The van der Waals surface area contributed by atoms with Crippen LogP contribution in [0.5, 0.6) is 0 Å². The fourth-order valence-electron chi connectivity index (χ4n) is 4.32. The first-order valence-electron chi connectivity index (χ1n) is 12.0. The number of aromatic nitrogens is 1. The highest BCUT2D eigenvalue weighted by atomic mass is 35.5. The minimum atomic E-state index is -0.299. The van der Waals surface area contributed by atoms with E-state index in [0.29, 0.717) is 22.8 Å². The molecule has 8 heteroatoms. The fourth-order valence-corrected chi connectivity index (χ4v) is 5.33. The van der Waals surface area contributed by atoms with E-state index in [0.717, 1.165) is 56.0 Å². The molecule has 0 bridgehead atoms. The molecule has 5 nitrogen and oxygen atoms in total. The van der Waals surface area contributed by atoms with Crippen LogP contribution in [0.15, 0.2) is 72.8 Å². The van der Waals surface area contributed by atoms with Gasteiger partial charge in [-0.1, -0.05) is 53.8 Å². The van der Waals surface area contributed by atoms with Gasteiger partial charge in [0.25, 0.3) is 5.91 Å². The Hall–Kier alpha value is -2.84. The summed E-state index contributed by atoms with van der Waals surface area (Å²) in [6.07, 6.45) is 1.64. The zero-order valence-corrected chi connectivity index (χ0v) is 21.6. The molecule has 0 saturated carbocycles. The Balaban J connectivity index is 0.00000304. The number of carbonyl (C=O) groups is 1. The molecule has 1 saturated heterocycles. The number of nitrogens with zero attached hydrogens (tertiary/aromatic N) is 3. The van der Waals surface area contributed by atoms with Crippen LogP contribution in [-0.2, 0) is 11.2 Å². The minimum Gasteiger partial charge on any atom is -0.379 e. The Morgan fingerprint density at radius 3 is 2.47 bits per heavy atom. The van der Waals surface area contributed by atoms with Crippen LogP contribution in [0.25, 0.3) is 10.2 Å². The Morgan fingerprint density at radius 2 is 1.72 bits per heavy atom. The standard InChI is InChI=1S/C28H28FN3O2S.ClH/c29-24-11-12-25-26(20-24)35-28(30-25)32(14-4-13-31-15-17-34-18-16-31)27(33)23-9-7-22(8-10-23)19-21-5-2-1-3-6-21;/h1-3,5-12,20H,4,13-19H2;1H. The lowest BCUT2D eigenvalue weighted by Crippen LogP contribution is -2.39. The SMILES string of the molecule is Cl.O=C(c1ccc(Cc2ccccc2)cc1)N(CCCN1CCOCC1)c1nc2ccc(F)cc2s1. The van der Waals surface area contributed by atoms with Crippen LogP contribution < -0.4 is 4.90 Å². The summed E-state index contributed by atoms with van der Waals surface area (Å²) in [4.78, 5) is 22.4. The average Bonchev–Trinajstić information content (AvgIpc) is 3.31. The van der Waals surface area contributed by atoms with Crippen molar-refractivity contribution in [3.8, 4) is 0 Å². The molecule has 0 N–H and O–H groups in total. The van der Waals surface area contributed by atoms with Gasteiger partial charge in [0.1, 0.15) is 5.82 Å². The van der Waals surface area contributed by atoms with Gasteiger partial charge in [-0.05, 0) is 54.3 Å². The highest BCUT2D eigenvalue weighted by molar-refractivity contribution is 7.22. The van der Waals surface area contributed by atoms with Crippen LogP contribution in [-0.4, -0.2) is 55.2 Å². The lowest BCUT2D eigenvalue weighted by atomic mass is 10.0. The highest BCUT2D eigenvalue weighted by Crippen LogP contribution is 2.30. The van der Waals surface area contributed by atoms with Crippen molar-refractivity contribution in [2.24, 2.45) is 0 Å². The maximum atomic E-state index is 13.8. The van der Waals surface area contributed by atoms with Crippen molar-refractivity contribution < 1.29 is 13.9 Å². The van der Waals surface area contributed by atoms with Gasteiger partial charge in [-0.3, -0.25) is 14.6 Å². The van der Waals surface area contributed by atoms with Gasteiger partial charge in [0, 0.05) is 31.7 Å². The van der Waals surface area contributed by atoms with Crippen molar-refractivity contribution in [2.75, 3.05) is 44.3 Å². The van der Waals surface area contributed by atoms with Crippen LogP contribution >= 0.6 is 23.7 Å². The van der Waals surface area contributed by atoms with Gasteiger partial charge in [0.15, 0.2) is 5.13 Å². The Kier molecular flexibility index (Phi) is 9.04. The molecule has 1 aliphatic rings. The molecule has 5 rings (SSSR count). The predicted molar refractivity (Wildman–Crippen MR) is 146 cm³/mol. The molecule has 1 aliphatic heterocycles. The third kappa shape index (κ3) is 6.48. The van der Waals surface area contributed by atoms with Crippen molar-refractivity contribution in [2.45, 2.75) is 12.8 Å². The number of anilines is 1. The number of hydrogen-bond donors (Lipinski definition) is 0. The summed E-state index contributed by atoms with van der Waals surface area (Å²) >= 11 is 1.35. The molecule has 3 aromatic carbocycles. The molecular weight excluding hydrogens is 497 g/mol. The van der Waals surface area contributed by atoms with E-state index in [1.807, 2.05) is 42.5 Å². The van der Waals surface area contributed by atoms with Crippen LogP contribution in [0, 0.1) is 5.82 Å². The van der Waals surface area contributed by atoms with E-state index in [1.165, 1.54) is 29.0 Å². The van der Waals surface area contributed by atoms with E-state index >= 15 is 0 Å². The first-order chi connectivity index (χ1) is 17.2. The molecule has 36 heavy (non-hydrogen) atoms. The van der Waals surface area contributed by atoms with Gasteiger partial charge in [-0.25, -0.2) is 9.37 Å². The molecule has 2 heterocycles. The van der Waals surface area contributed by atoms with Crippen molar-refractivity contribution in [3.05, 3.63) is 95.3 Å². The van der Waals surface area contributed by atoms with Crippen molar-refractivity contribution in [1.82, 2.24) is 9.88 Å². The smallest absolute Gasteiger partial charge is 0.260 e. The first-order valence-corrected chi connectivity index (χ1v) is 12.8. The Bertz CT molecular complexity index is 1280. The van der Waals surface area contributed by atoms with Gasteiger partial charge < -0.3 is 4.74 Å². The van der Waals surface area contributed by atoms with Crippen LogP contribution in [0.4, 0.5) is 9.52 Å². The van der Waals surface area contributed by atoms with Gasteiger partial charge in [-0.15, -0.1) is 12.4 Å². The van der Waals surface area contributed by atoms with Crippen molar-refractivity contribution >= 4 is 45.0 Å². The third-order valence-electron chi connectivity index (χ3n) is 6.23. The van der Waals surface area contributed by atoms with E-state index in [4.69, 9.17) is 4.74 Å². The topological polar surface area (TPSA) is 45.7 Å². The van der Waals surface area contributed by atoms with Crippen molar-refractivity contribution in [1.29, 1.82) is 0 Å². The normalized spacial score (nSPS) is 13.9. The van der Waals surface area contributed by atoms with E-state index < -0.39 is 0 Å². The van der Waals surface area contributed by atoms with E-state index in [1.54, 1.807) is 11.0 Å². The Labute approximate surface area is 220 Å². The Morgan fingerprint density at radius 1 is 1.00 bits per heavy atom. The van der Waals surface area contributed by atoms with Crippen LogP contribution in [0.1, 0.15) is 27.9 Å². The number of carbonyl (C=O) groups excluding carboxylic acids is 1. The minimum absolute atomic E-state index is 0. The van der Waals surface area contributed by atoms with Crippen LogP contribution in [0.3, 0.4) is 0 Å². The maximum Gasteiger partial charge on any atom is 0.260 e. The van der Waals surface area contributed by atoms with E-state index in [-0.39, 0.29) is 24.1 Å². The molecule has 1 amide bonds. The second kappa shape index (κ2) is 12.4. The molecule has 1 aromatic heterocycles. The second-order valence-electron chi connectivity index (χ2n) is 8.73. The molecule has 0 radical (unpaired) electrons. The average molecular weight is 526 g/mol. The lowest BCUT2D eigenvalue weighted by Gasteiger charge is -2.27. The number of ether oxygens (including phenoxy) is 1. The molecule has 188 valence electrons. The van der Waals surface area contributed by atoms with Gasteiger partial charge in [0.2, 0.25) is 0 Å². The molecule has 1 fully saturated rings. The monoisotopic (exact) mass is 525 g/mol. The van der Waals surface area contributed by atoms with Gasteiger partial charge >= 0.3 is 0 Å². The molecule has 0 spiro atoms. The van der Waals surface area contributed by atoms with Gasteiger partial charge in [-0.2, -0.15) is 0 Å². The first kappa shape index (κ1) is 26.2. The number of halogens is 2. The number of rotatable bonds is 8. The molecule has 4 aromatic rings. The maximum absolute atomic E-state index is 13.8. The lowest BCUT2D eigenvalue weighted by molar-refractivity contribution is 0.0376. The largest absolute Gasteiger partial charge is 0.379 e. The highest BCUT2D eigenvalue weighted by Gasteiger charge is 2.22. The summed E-state index contributed by atoms with van der Waals surface area (Å²) in [5.74, 6) is -0.385. The van der Waals surface area contributed by atoms with E-state index in [2.05, 4.69) is 22.0 Å². The number of morpholine rings is 1. The molecule has 0 unspecified atom stereocenters. The number of benzene rings is 3. The zero-order chi connectivity index (χ0) is 24.0. The van der Waals surface area contributed by atoms with Gasteiger partial charge in [0.05, 0.1) is 23.4 Å². The summed E-state index contributed by atoms with van der Waals surface area (Å²) < 4.78 is 19.9. The quantitative estimate of drug-likeness (QED) is 0.291. The summed E-state index contributed by atoms with van der Waals surface area (Å²) in [6.45, 7) is 4.77. The number of fused-ring (bicyclic) bond motifs is 1.